The van der Waals surface area contributed by atoms with Gasteiger partial charge in [0.25, 0.3) is 0 Å². The van der Waals surface area contributed by atoms with Crippen molar-refractivity contribution in [3.05, 3.63) is 48.0 Å². The van der Waals surface area contributed by atoms with Gasteiger partial charge in [-0.05, 0) is 37.1 Å². The molecule has 7 nitrogen and oxygen atoms in total. The van der Waals surface area contributed by atoms with Gasteiger partial charge in [-0.1, -0.05) is 12.1 Å². The number of benzene rings is 2. The molecular weight excluding hydrogens is 437 g/mol. The van der Waals surface area contributed by atoms with Gasteiger partial charge < -0.3 is 14.8 Å². The first-order valence-electron chi connectivity index (χ1n) is 9.53. The summed E-state index contributed by atoms with van der Waals surface area (Å²) in [5.74, 6) is 0.346. The van der Waals surface area contributed by atoms with Gasteiger partial charge in [0, 0.05) is 30.8 Å². The molecule has 4 rings (SSSR count). The predicted octanol–water partition coefficient (Wildman–Crippen LogP) is 3.47. The van der Waals surface area contributed by atoms with Crippen LogP contribution < -0.4 is 14.8 Å². The first-order chi connectivity index (χ1) is 14.7. The lowest BCUT2D eigenvalue weighted by Crippen LogP contribution is -2.41. The largest absolute Gasteiger partial charge is 0.454 e. The minimum absolute atomic E-state index is 0.0479. The Bertz CT molecular complexity index is 1100. The van der Waals surface area contributed by atoms with Crippen molar-refractivity contribution in [2.24, 2.45) is 5.92 Å². The molecule has 0 radical (unpaired) electrons. The maximum Gasteiger partial charge on any atom is 0.417 e. The van der Waals surface area contributed by atoms with Crippen molar-refractivity contribution in [3.8, 4) is 11.5 Å². The van der Waals surface area contributed by atoms with Gasteiger partial charge in [-0.25, -0.2) is 8.42 Å². The average Bonchev–Trinajstić information content (AvgIpc) is 3.21. The number of hydrogen-bond donors (Lipinski definition) is 1. The van der Waals surface area contributed by atoms with Crippen LogP contribution in [-0.2, 0) is 21.0 Å². The molecule has 2 aromatic rings. The quantitative estimate of drug-likeness (QED) is 0.762. The van der Waals surface area contributed by atoms with Gasteiger partial charge in [0.1, 0.15) is 0 Å². The molecule has 2 aliphatic rings. The fraction of sp³-hybridized carbons (Fsp3) is 0.350. The van der Waals surface area contributed by atoms with Gasteiger partial charge in [-0.3, -0.25) is 4.79 Å². The summed E-state index contributed by atoms with van der Waals surface area (Å²) in [6.07, 6.45) is -4.39. The third-order valence-corrected chi connectivity index (χ3v) is 7.23. The number of nitrogens with zero attached hydrogens (tertiary/aromatic N) is 1. The molecule has 1 saturated heterocycles. The highest BCUT2D eigenvalue weighted by Crippen LogP contribution is 2.37. The molecule has 0 aromatic heterocycles. The number of fused-ring (bicyclic) bond motifs is 1. The summed E-state index contributed by atoms with van der Waals surface area (Å²) >= 11 is 0. The summed E-state index contributed by atoms with van der Waals surface area (Å²) < 4.78 is 76.9. The van der Waals surface area contributed by atoms with Gasteiger partial charge in [0.15, 0.2) is 11.5 Å². The van der Waals surface area contributed by atoms with Crippen LogP contribution in [0.4, 0.5) is 18.9 Å². The summed E-state index contributed by atoms with van der Waals surface area (Å²) in [5.41, 5.74) is -0.680. The maximum absolute atomic E-state index is 13.3. The van der Waals surface area contributed by atoms with Crippen LogP contribution in [0.15, 0.2) is 47.4 Å². The highest BCUT2D eigenvalue weighted by Gasteiger charge is 2.40. The van der Waals surface area contributed by atoms with E-state index in [0.29, 0.717) is 17.2 Å². The van der Waals surface area contributed by atoms with E-state index in [-0.39, 0.29) is 38.6 Å². The van der Waals surface area contributed by atoms with Gasteiger partial charge >= 0.3 is 6.18 Å². The van der Waals surface area contributed by atoms with Gasteiger partial charge in [-0.2, -0.15) is 17.5 Å². The Balaban J connectivity index is 1.42. The second-order valence-electron chi connectivity index (χ2n) is 7.23. The molecule has 2 aromatic carbocycles. The minimum atomic E-state index is -4.79. The second-order valence-corrected chi connectivity index (χ2v) is 9.14. The molecule has 0 bridgehead atoms. The van der Waals surface area contributed by atoms with E-state index in [1.165, 1.54) is 6.07 Å². The minimum Gasteiger partial charge on any atom is -0.454 e. The van der Waals surface area contributed by atoms with E-state index < -0.39 is 32.6 Å². The van der Waals surface area contributed by atoms with Gasteiger partial charge in [-0.15, -0.1) is 0 Å². The molecule has 0 atom stereocenters. The van der Waals surface area contributed by atoms with Crippen molar-refractivity contribution in [2.75, 3.05) is 25.2 Å². The van der Waals surface area contributed by atoms with E-state index in [1.807, 2.05) is 0 Å². The summed E-state index contributed by atoms with van der Waals surface area (Å²) in [6.45, 7) is 0.0125. The molecule has 1 fully saturated rings. The fourth-order valence-electron chi connectivity index (χ4n) is 3.64. The van der Waals surface area contributed by atoms with Gasteiger partial charge in [0.05, 0.1) is 10.5 Å². The maximum atomic E-state index is 13.3. The Morgan fingerprint density at radius 2 is 1.71 bits per heavy atom. The third-order valence-electron chi connectivity index (χ3n) is 5.28. The Morgan fingerprint density at radius 3 is 2.42 bits per heavy atom. The van der Waals surface area contributed by atoms with Crippen LogP contribution in [0, 0.1) is 5.92 Å². The van der Waals surface area contributed by atoms with E-state index in [9.17, 15) is 26.4 Å². The van der Waals surface area contributed by atoms with Crippen LogP contribution in [-0.4, -0.2) is 38.5 Å². The summed E-state index contributed by atoms with van der Waals surface area (Å²) in [5, 5.41) is 2.76. The summed E-state index contributed by atoms with van der Waals surface area (Å²) in [7, 11) is -4.34. The van der Waals surface area contributed by atoms with Crippen LogP contribution in [0.5, 0.6) is 11.5 Å². The topological polar surface area (TPSA) is 84.9 Å². The lowest BCUT2D eigenvalue weighted by atomic mass is 9.97. The molecule has 166 valence electrons. The number of rotatable bonds is 4. The molecular formula is C20H19F3N2O5S. The Labute approximate surface area is 176 Å². The number of alkyl halides is 3. The van der Waals surface area contributed by atoms with Crippen LogP contribution in [0.25, 0.3) is 0 Å². The number of anilines is 1. The van der Waals surface area contributed by atoms with Crippen molar-refractivity contribution < 1.29 is 35.9 Å². The van der Waals surface area contributed by atoms with Crippen LogP contribution in [0.3, 0.4) is 0 Å². The van der Waals surface area contributed by atoms with Crippen LogP contribution in [0.1, 0.15) is 18.4 Å². The number of hydrogen-bond acceptors (Lipinski definition) is 5. The van der Waals surface area contributed by atoms with Crippen molar-refractivity contribution in [1.82, 2.24) is 4.31 Å². The van der Waals surface area contributed by atoms with E-state index in [2.05, 4.69) is 5.32 Å². The second kappa shape index (κ2) is 8.04. The van der Waals surface area contributed by atoms with Gasteiger partial charge in [0.2, 0.25) is 22.7 Å². The fourth-order valence-corrected chi connectivity index (χ4v) is 5.32. The number of amides is 1. The smallest absolute Gasteiger partial charge is 0.417 e. The van der Waals surface area contributed by atoms with E-state index in [0.717, 1.165) is 22.5 Å². The van der Waals surface area contributed by atoms with Crippen molar-refractivity contribution in [2.45, 2.75) is 23.9 Å². The molecule has 1 amide bonds. The lowest BCUT2D eigenvalue weighted by molar-refractivity contribution is -0.139. The zero-order valence-corrected chi connectivity index (χ0v) is 17.0. The number of carbonyl (C=O) groups excluding carboxylic acids is 1. The highest BCUT2D eigenvalue weighted by molar-refractivity contribution is 7.89. The van der Waals surface area contributed by atoms with E-state index >= 15 is 0 Å². The molecule has 2 aliphatic heterocycles. The highest BCUT2D eigenvalue weighted by atomic mass is 32.2. The molecule has 11 heteroatoms. The first-order valence-corrected chi connectivity index (χ1v) is 11.0. The van der Waals surface area contributed by atoms with Crippen molar-refractivity contribution in [1.29, 1.82) is 0 Å². The normalized spacial score (nSPS) is 17.5. The molecule has 0 unspecified atom stereocenters. The molecule has 2 heterocycles. The monoisotopic (exact) mass is 456 g/mol. The number of piperidine rings is 1. The molecule has 0 aliphatic carbocycles. The number of ether oxygens (including phenoxy) is 2. The number of sulfonamides is 1. The molecule has 1 N–H and O–H groups in total. The Morgan fingerprint density at radius 1 is 1.03 bits per heavy atom. The number of halogens is 3. The van der Waals surface area contributed by atoms with Crippen LogP contribution >= 0.6 is 0 Å². The lowest BCUT2D eigenvalue weighted by Gasteiger charge is -2.31. The van der Waals surface area contributed by atoms with E-state index in [4.69, 9.17) is 9.47 Å². The standard InChI is InChI=1S/C20H19F3N2O5S/c21-20(22,23)15-3-1-2-4-18(15)31(27,28)25-9-7-13(8-10-25)19(26)24-14-5-6-16-17(11-14)30-12-29-16/h1-6,11,13H,7-10,12H2,(H,24,26). The van der Waals surface area contributed by atoms with E-state index in [1.54, 1.807) is 18.2 Å². The first kappa shape index (κ1) is 21.4. The molecule has 0 spiro atoms. The number of nitrogens with one attached hydrogen (secondary N) is 1. The Kier molecular flexibility index (Phi) is 5.56. The zero-order chi connectivity index (χ0) is 22.2. The van der Waals surface area contributed by atoms with Crippen LogP contribution in [0.2, 0.25) is 0 Å². The predicted molar refractivity (Wildman–Crippen MR) is 104 cm³/mol. The molecule has 0 saturated carbocycles. The third kappa shape index (κ3) is 4.33. The summed E-state index contributed by atoms with van der Waals surface area (Å²) in [6, 6.07) is 9.08. The average molecular weight is 456 g/mol. The Hall–Kier alpha value is -2.79. The SMILES string of the molecule is O=C(Nc1ccc2c(c1)OCO2)C1CCN(S(=O)(=O)c2ccccc2C(F)(F)F)CC1. The number of carbonyl (C=O) groups is 1. The van der Waals surface area contributed by atoms with Crippen molar-refractivity contribution >= 4 is 21.6 Å². The zero-order valence-electron chi connectivity index (χ0n) is 16.2. The van der Waals surface area contributed by atoms with Crippen molar-refractivity contribution in [3.63, 3.8) is 0 Å². The summed E-state index contributed by atoms with van der Waals surface area (Å²) in [4.78, 5) is 11.8. The molecule has 31 heavy (non-hydrogen) atoms.